The van der Waals surface area contributed by atoms with E-state index in [1.54, 1.807) is 4.90 Å². The topological polar surface area (TPSA) is 83.7 Å². The standard InChI is InChI=1S/C15H22N2O4/c1-4-11(5-2)10-16(6-3)15(19)12-8-7-9-13(14(12)18)17(20)21/h7-9,11,18H,4-6,10H2,1-3H3. The molecule has 1 N–H and O–H groups in total. The molecule has 0 aromatic heterocycles. The van der Waals surface area contributed by atoms with E-state index in [9.17, 15) is 20.0 Å². The molecule has 116 valence electrons. The molecule has 0 spiro atoms. The molecule has 0 heterocycles. The molecule has 1 aromatic rings. The Morgan fingerprint density at radius 3 is 2.43 bits per heavy atom. The number of nitrogens with zero attached hydrogens (tertiary/aromatic N) is 2. The number of carbonyl (C=O) groups is 1. The Balaban J connectivity index is 3.05. The first-order valence-corrected chi connectivity index (χ1v) is 7.21. The number of rotatable bonds is 7. The number of benzene rings is 1. The average molecular weight is 294 g/mol. The monoisotopic (exact) mass is 294 g/mol. The van der Waals surface area contributed by atoms with Crippen molar-refractivity contribution in [2.24, 2.45) is 5.92 Å². The van der Waals surface area contributed by atoms with Crippen molar-refractivity contribution >= 4 is 11.6 Å². The summed E-state index contributed by atoms with van der Waals surface area (Å²) in [4.78, 5) is 24.2. The predicted octanol–water partition coefficient (Wildman–Crippen LogP) is 3.20. The van der Waals surface area contributed by atoms with Gasteiger partial charge in [-0.1, -0.05) is 32.8 Å². The molecule has 0 aliphatic heterocycles. The minimum atomic E-state index is -0.691. The number of aromatic hydroxyl groups is 1. The van der Waals surface area contributed by atoms with Gasteiger partial charge in [-0.3, -0.25) is 14.9 Å². The Morgan fingerprint density at radius 2 is 1.95 bits per heavy atom. The van der Waals surface area contributed by atoms with Crippen LogP contribution in [0.5, 0.6) is 5.75 Å². The fourth-order valence-electron chi connectivity index (χ4n) is 2.24. The summed E-state index contributed by atoms with van der Waals surface area (Å²) in [5.74, 6) is -0.546. The second-order valence-corrected chi connectivity index (χ2v) is 4.96. The van der Waals surface area contributed by atoms with Gasteiger partial charge in [0.05, 0.1) is 10.5 Å². The van der Waals surface area contributed by atoms with Crippen molar-refractivity contribution in [3.63, 3.8) is 0 Å². The molecule has 6 heteroatoms. The maximum absolute atomic E-state index is 12.5. The second kappa shape index (κ2) is 7.61. The Bertz CT molecular complexity index is 512. The molecule has 1 amide bonds. The van der Waals surface area contributed by atoms with Gasteiger partial charge in [-0.25, -0.2) is 0 Å². The number of amides is 1. The van der Waals surface area contributed by atoms with Gasteiger partial charge in [-0.15, -0.1) is 0 Å². The summed E-state index contributed by atoms with van der Waals surface area (Å²) in [6.45, 7) is 7.07. The lowest BCUT2D eigenvalue weighted by Gasteiger charge is -2.25. The van der Waals surface area contributed by atoms with E-state index in [-0.39, 0.29) is 11.5 Å². The van der Waals surface area contributed by atoms with Crippen LogP contribution >= 0.6 is 0 Å². The van der Waals surface area contributed by atoms with Gasteiger partial charge in [0.25, 0.3) is 5.91 Å². The molecule has 0 atom stereocenters. The number of hydrogen-bond donors (Lipinski definition) is 1. The molecule has 6 nitrogen and oxygen atoms in total. The van der Waals surface area contributed by atoms with Crippen molar-refractivity contribution in [1.82, 2.24) is 4.90 Å². The Morgan fingerprint density at radius 1 is 1.33 bits per heavy atom. The quantitative estimate of drug-likeness (QED) is 0.618. The Labute approximate surface area is 124 Å². The van der Waals surface area contributed by atoms with Gasteiger partial charge >= 0.3 is 5.69 Å². The van der Waals surface area contributed by atoms with E-state index < -0.39 is 16.4 Å². The molecule has 1 aromatic carbocycles. The lowest BCUT2D eigenvalue weighted by molar-refractivity contribution is -0.385. The fraction of sp³-hybridized carbons (Fsp3) is 0.533. The van der Waals surface area contributed by atoms with Crippen LogP contribution in [0.15, 0.2) is 18.2 Å². The van der Waals surface area contributed by atoms with Crippen molar-refractivity contribution < 1.29 is 14.8 Å². The Kier molecular flexibility index (Phi) is 6.14. The number of nitro benzene ring substituents is 1. The highest BCUT2D eigenvalue weighted by molar-refractivity contribution is 5.98. The number of carbonyl (C=O) groups excluding carboxylic acids is 1. The SMILES string of the molecule is CCC(CC)CN(CC)C(=O)c1cccc([N+](=O)[O-])c1O. The highest BCUT2D eigenvalue weighted by atomic mass is 16.6. The van der Waals surface area contributed by atoms with Crippen molar-refractivity contribution in [3.05, 3.63) is 33.9 Å². The Hall–Kier alpha value is -2.11. The molecule has 1 rings (SSSR count). The third kappa shape index (κ3) is 3.93. The van der Waals surface area contributed by atoms with Crippen molar-refractivity contribution in [1.29, 1.82) is 0 Å². The summed E-state index contributed by atoms with van der Waals surface area (Å²) in [5, 5.41) is 20.8. The summed E-state index contributed by atoms with van der Waals surface area (Å²) in [6.07, 6.45) is 1.92. The number of hydrogen-bond acceptors (Lipinski definition) is 4. The van der Waals surface area contributed by atoms with Crippen LogP contribution in [0.4, 0.5) is 5.69 Å². The number of phenols is 1. The highest BCUT2D eigenvalue weighted by Gasteiger charge is 2.25. The summed E-state index contributed by atoms with van der Waals surface area (Å²) >= 11 is 0. The zero-order chi connectivity index (χ0) is 16.0. The maximum Gasteiger partial charge on any atom is 0.311 e. The van der Waals surface area contributed by atoms with E-state index >= 15 is 0 Å². The third-order valence-electron chi connectivity index (χ3n) is 3.74. The number of para-hydroxylation sites is 1. The van der Waals surface area contributed by atoms with E-state index in [2.05, 4.69) is 13.8 Å². The van der Waals surface area contributed by atoms with Crippen LogP contribution in [0.3, 0.4) is 0 Å². The minimum absolute atomic E-state index is 0.0167. The number of nitro groups is 1. The molecule has 0 aliphatic carbocycles. The maximum atomic E-state index is 12.5. The van der Waals surface area contributed by atoms with Gasteiger partial charge < -0.3 is 10.0 Å². The second-order valence-electron chi connectivity index (χ2n) is 4.96. The molecule has 0 radical (unpaired) electrons. The summed E-state index contributed by atoms with van der Waals surface area (Å²) in [7, 11) is 0. The molecular weight excluding hydrogens is 272 g/mol. The average Bonchev–Trinajstić information content (AvgIpc) is 2.48. The molecule has 0 saturated heterocycles. The van der Waals surface area contributed by atoms with Crippen molar-refractivity contribution in [3.8, 4) is 5.75 Å². The highest BCUT2D eigenvalue weighted by Crippen LogP contribution is 2.30. The molecular formula is C15H22N2O4. The van der Waals surface area contributed by atoms with Crippen molar-refractivity contribution in [2.45, 2.75) is 33.6 Å². The van der Waals surface area contributed by atoms with Crippen LogP contribution in [0.25, 0.3) is 0 Å². The van der Waals surface area contributed by atoms with Gasteiger partial charge in [-0.05, 0) is 18.9 Å². The first-order chi connectivity index (χ1) is 9.96. The minimum Gasteiger partial charge on any atom is -0.502 e. The largest absolute Gasteiger partial charge is 0.502 e. The van der Waals surface area contributed by atoms with E-state index in [0.717, 1.165) is 12.8 Å². The van der Waals surface area contributed by atoms with E-state index in [1.807, 2.05) is 6.92 Å². The molecule has 21 heavy (non-hydrogen) atoms. The summed E-state index contributed by atoms with van der Waals surface area (Å²) in [5.41, 5.74) is -0.462. The fourth-order valence-corrected chi connectivity index (χ4v) is 2.24. The molecule has 0 fully saturated rings. The van der Waals surface area contributed by atoms with E-state index in [0.29, 0.717) is 19.0 Å². The predicted molar refractivity (Wildman–Crippen MR) is 80.4 cm³/mol. The van der Waals surface area contributed by atoms with Crippen LogP contribution in [0.1, 0.15) is 44.0 Å². The van der Waals surface area contributed by atoms with Crippen LogP contribution in [0, 0.1) is 16.0 Å². The zero-order valence-corrected chi connectivity index (χ0v) is 12.7. The van der Waals surface area contributed by atoms with Crippen molar-refractivity contribution in [2.75, 3.05) is 13.1 Å². The first kappa shape index (κ1) is 16.9. The van der Waals surface area contributed by atoms with Crippen LogP contribution in [0.2, 0.25) is 0 Å². The van der Waals surface area contributed by atoms with Gasteiger partial charge in [0.1, 0.15) is 0 Å². The van der Waals surface area contributed by atoms with E-state index in [4.69, 9.17) is 0 Å². The normalized spacial score (nSPS) is 10.7. The molecule has 0 aliphatic rings. The first-order valence-electron chi connectivity index (χ1n) is 7.21. The number of phenolic OH excluding ortho intramolecular Hbond substituents is 1. The van der Waals surface area contributed by atoms with Gasteiger partial charge in [0, 0.05) is 19.2 Å². The third-order valence-corrected chi connectivity index (χ3v) is 3.74. The molecule has 0 unspecified atom stereocenters. The smallest absolute Gasteiger partial charge is 0.311 e. The van der Waals surface area contributed by atoms with Crippen LogP contribution < -0.4 is 0 Å². The van der Waals surface area contributed by atoms with Gasteiger partial charge in [0.15, 0.2) is 0 Å². The lowest BCUT2D eigenvalue weighted by atomic mass is 10.0. The van der Waals surface area contributed by atoms with Gasteiger partial charge in [-0.2, -0.15) is 0 Å². The molecule has 0 bridgehead atoms. The zero-order valence-electron chi connectivity index (χ0n) is 12.7. The summed E-state index contributed by atoms with van der Waals surface area (Å²) in [6, 6.07) is 4.01. The van der Waals surface area contributed by atoms with E-state index in [1.165, 1.54) is 18.2 Å². The molecule has 0 saturated carbocycles. The van der Waals surface area contributed by atoms with Crippen LogP contribution in [-0.2, 0) is 0 Å². The summed E-state index contributed by atoms with van der Waals surface area (Å²) < 4.78 is 0. The lowest BCUT2D eigenvalue weighted by Crippen LogP contribution is -2.35. The van der Waals surface area contributed by atoms with Crippen LogP contribution in [-0.4, -0.2) is 33.9 Å². The van der Waals surface area contributed by atoms with Gasteiger partial charge in [0.2, 0.25) is 5.75 Å².